The molecule has 112 valence electrons. The molecule has 0 amide bonds. The fraction of sp³-hybridized carbons (Fsp3) is 0.625. The number of benzene rings is 1. The molecule has 1 N–H and O–H groups in total. The van der Waals surface area contributed by atoms with Gasteiger partial charge in [-0.1, -0.05) is 24.6 Å². The van der Waals surface area contributed by atoms with Crippen LogP contribution in [0.15, 0.2) is 18.2 Å². The molecule has 2 atom stereocenters. The second-order valence-electron chi connectivity index (χ2n) is 5.36. The Morgan fingerprint density at radius 1 is 1.40 bits per heavy atom. The van der Waals surface area contributed by atoms with Crippen LogP contribution in [0.1, 0.15) is 44.7 Å². The Hall–Kier alpha value is -0.640. The summed E-state index contributed by atoms with van der Waals surface area (Å²) in [5.74, 6) is 0.288. The van der Waals surface area contributed by atoms with Crippen LogP contribution in [0.2, 0.25) is 5.02 Å². The largest absolute Gasteiger partial charge is 0.376 e. The van der Waals surface area contributed by atoms with Crippen LogP contribution in [0.5, 0.6) is 0 Å². The Balaban J connectivity index is 2.24. The quantitative estimate of drug-likeness (QED) is 0.771. The standard InChI is InChI=1S/C16H23ClFNO/c1-3-9-19-15(16(20-4-2)11-5-6-11)13-8-7-12(17)10-14(13)18/h7-8,10-11,15-16,19H,3-6,9H2,1-2H3. The first-order chi connectivity index (χ1) is 9.67. The van der Waals surface area contributed by atoms with Crippen molar-refractivity contribution in [1.29, 1.82) is 0 Å². The van der Waals surface area contributed by atoms with E-state index in [1.54, 1.807) is 12.1 Å². The van der Waals surface area contributed by atoms with E-state index in [0.717, 1.165) is 13.0 Å². The molecule has 1 aromatic carbocycles. The Bertz CT molecular complexity index is 436. The summed E-state index contributed by atoms with van der Waals surface area (Å²) >= 11 is 5.85. The average Bonchev–Trinajstić information content (AvgIpc) is 3.23. The van der Waals surface area contributed by atoms with E-state index in [9.17, 15) is 4.39 Å². The van der Waals surface area contributed by atoms with E-state index in [2.05, 4.69) is 12.2 Å². The van der Waals surface area contributed by atoms with Crippen molar-refractivity contribution in [3.05, 3.63) is 34.6 Å². The van der Waals surface area contributed by atoms with E-state index in [1.807, 2.05) is 6.92 Å². The maximum atomic E-state index is 14.2. The summed E-state index contributed by atoms with van der Waals surface area (Å²) in [5, 5.41) is 3.87. The van der Waals surface area contributed by atoms with E-state index in [-0.39, 0.29) is 18.0 Å². The van der Waals surface area contributed by atoms with Gasteiger partial charge in [0.25, 0.3) is 0 Å². The highest BCUT2D eigenvalue weighted by molar-refractivity contribution is 6.30. The predicted molar refractivity (Wildman–Crippen MR) is 80.6 cm³/mol. The summed E-state index contributed by atoms with van der Waals surface area (Å²) in [7, 11) is 0. The zero-order chi connectivity index (χ0) is 14.5. The molecular formula is C16H23ClFNO. The van der Waals surface area contributed by atoms with E-state index >= 15 is 0 Å². The van der Waals surface area contributed by atoms with Crippen LogP contribution >= 0.6 is 11.6 Å². The minimum atomic E-state index is -0.253. The Kier molecular flexibility index (Phi) is 5.82. The lowest BCUT2D eigenvalue weighted by molar-refractivity contribution is 0.0177. The van der Waals surface area contributed by atoms with Crippen molar-refractivity contribution in [1.82, 2.24) is 5.32 Å². The van der Waals surface area contributed by atoms with Crippen LogP contribution < -0.4 is 5.32 Å². The van der Waals surface area contributed by atoms with Gasteiger partial charge in [0.05, 0.1) is 12.1 Å². The maximum absolute atomic E-state index is 14.2. The Labute approximate surface area is 125 Å². The predicted octanol–water partition coefficient (Wildman–Crippen LogP) is 4.33. The second kappa shape index (κ2) is 7.39. The fourth-order valence-electron chi connectivity index (χ4n) is 2.58. The van der Waals surface area contributed by atoms with Gasteiger partial charge in [-0.15, -0.1) is 0 Å². The molecule has 0 aromatic heterocycles. The van der Waals surface area contributed by atoms with Gasteiger partial charge < -0.3 is 10.1 Å². The van der Waals surface area contributed by atoms with Gasteiger partial charge in [0.1, 0.15) is 5.82 Å². The molecule has 0 spiro atoms. The summed E-state index contributed by atoms with van der Waals surface area (Å²) in [6.45, 7) is 5.60. The molecule has 1 aromatic rings. The highest BCUT2D eigenvalue weighted by atomic mass is 35.5. The van der Waals surface area contributed by atoms with Crippen molar-refractivity contribution in [3.63, 3.8) is 0 Å². The SMILES string of the molecule is CCCNC(c1ccc(Cl)cc1F)C(OCC)C1CC1. The van der Waals surface area contributed by atoms with Gasteiger partial charge >= 0.3 is 0 Å². The molecule has 1 saturated carbocycles. The van der Waals surface area contributed by atoms with Crippen molar-refractivity contribution < 1.29 is 9.13 Å². The maximum Gasteiger partial charge on any atom is 0.129 e. The van der Waals surface area contributed by atoms with Gasteiger partial charge in [-0.05, 0) is 50.8 Å². The first-order valence-electron chi connectivity index (χ1n) is 7.47. The molecule has 0 aliphatic heterocycles. The zero-order valence-corrected chi connectivity index (χ0v) is 12.9. The van der Waals surface area contributed by atoms with Gasteiger partial charge in [-0.25, -0.2) is 4.39 Å². The normalized spacial score (nSPS) is 18.0. The summed E-state index contributed by atoms with van der Waals surface area (Å²) in [5.41, 5.74) is 0.660. The Morgan fingerprint density at radius 3 is 2.70 bits per heavy atom. The molecule has 0 heterocycles. The van der Waals surface area contributed by atoms with Crippen molar-refractivity contribution in [2.24, 2.45) is 5.92 Å². The minimum absolute atomic E-state index is 0.0437. The highest BCUT2D eigenvalue weighted by Crippen LogP contribution is 2.40. The van der Waals surface area contributed by atoms with Crippen molar-refractivity contribution >= 4 is 11.6 Å². The van der Waals surface area contributed by atoms with Gasteiger partial charge in [0.2, 0.25) is 0 Å². The van der Waals surface area contributed by atoms with Gasteiger partial charge in [-0.3, -0.25) is 0 Å². The lowest BCUT2D eigenvalue weighted by Crippen LogP contribution is -2.36. The van der Waals surface area contributed by atoms with Gasteiger partial charge in [0, 0.05) is 17.2 Å². The molecule has 1 aliphatic rings. The zero-order valence-electron chi connectivity index (χ0n) is 12.2. The number of hydrogen-bond donors (Lipinski definition) is 1. The van der Waals surface area contributed by atoms with Crippen LogP contribution in [-0.2, 0) is 4.74 Å². The molecule has 1 aliphatic carbocycles. The lowest BCUT2D eigenvalue weighted by atomic mass is 9.97. The average molecular weight is 300 g/mol. The van der Waals surface area contributed by atoms with Crippen LogP contribution in [0, 0.1) is 11.7 Å². The summed E-state index contributed by atoms with van der Waals surface area (Å²) in [6.07, 6.45) is 3.39. The molecule has 1 fully saturated rings. The molecule has 0 saturated heterocycles. The fourth-order valence-corrected chi connectivity index (χ4v) is 2.74. The number of rotatable bonds is 8. The number of ether oxygens (including phenoxy) is 1. The molecule has 4 heteroatoms. The van der Waals surface area contributed by atoms with E-state index < -0.39 is 0 Å². The smallest absolute Gasteiger partial charge is 0.129 e. The van der Waals surface area contributed by atoms with E-state index in [1.165, 1.54) is 18.9 Å². The topological polar surface area (TPSA) is 21.3 Å². The molecule has 0 radical (unpaired) electrons. The van der Waals surface area contributed by atoms with Crippen LogP contribution in [0.3, 0.4) is 0 Å². The second-order valence-corrected chi connectivity index (χ2v) is 5.79. The van der Waals surface area contributed by atoms with Gasteiger partial charge in [-0.2, -0.15) is 0 Å². The molecule has 2 rings (SSSR count). The highest BCUT2D eigenvalue weighted by Gasteiger charge is 2.38. The Morgan fingerprint density at radius 2 is 2.15 bits per heavy atom. The van der Waals surface area contributed by atoms with Crippen molar-refractivity contribution in [3.8, 4) is 0 Å². The van der Waals surface area contributed by atoms with Crippen molar-refractivity contribution in [2.75, 3.05) is 13.2 Å². The third-order valence-corrected chi connectivity index (χ3v) is 3.92. The molecule has 20 heavy (non-hydrogen) atoms. The molecule has 2 unspecified atom stereocenters. The first-order valence-corrected chi connectivity index (χ1v) is 7.85. The number of hydrogen-bond acceptors (Lipinski definition) is 2. The van der Waals surface area contributed by atoms with E-state index in [4.69, 9.17) is 16.3 Å². The van der Waals surface area contributed by atoms with E-state index in [0.29, 0.717) is 23.1 Å². The van der Waals surface area contributed by atoms with Crippen LogP contribution in [0.4, 0.5) is 4.39 Å². The summed E-state index contributed by atoms with van der Waals surface area (Å²) in [4.78, 5) is 0. The lowest BCUT2D eigenvalue weighted by Gasteiger charge is -2.29. The number of halogens is 2. The molecular weight excluding hydrogens is 277 g/mol. The summed E-state index contributed by atoms with van der Waals surface area (Å²) < 4.78 is 20.1. The summed E-state index contributed by atoms with van der Waals surface area (Å²) in [6, 6.07) is 4.81. The third-order valence-electron chi connectivity index (χ3n) is 3.69. The van der Waals surface area contributed by atoms with Crippen molar-refractivity contribution in [2.45, 2.75) is 45.3 Å². The van der Waals surface area contributed by atoms with Gasteiger partial charge in [0.15, 0.2) is 0 Å². The first kappa shape index (κ1) is 15.7. The third kappa shape index (κ3) is 3.94. The minimum Gasteiger partial charge on any atom is -0.376 e. The molecule has 2 nitrogen and oxygen atoms in total. The monoisotopic (exact) mass is 299 g/mol. The van der Waals surface area contributed by atoms with Crippen LogP contribution in [0.25, 0.3) is 0 Å². The number of nitrogens with one attached hydrogen (secondary N) is 1. The molecule has 0 bridgehead atoms. The van der Waals surface area contributed by atoms with Crippen LogP contribution in [-0.4, -0.2) is 19.3 Å².